The molecule has 0 aliphatic carbocycles. The lowest BCUT2D eigenvalue weighted by Crippen LogP contribution is -2.47. The molecule has 1 atom stereocenters. The number of nitrogens with zero attached hydrogens (tertiary/aromatic N) is 1. The predicted molar refractivity (Wildman–Crippen MR) is 124 cm³/mol. The van der Waals surface area contributed by atoms with Crippen LogP contribution in [0, 0.1) is 0 Å². The maximum Gasteiger partial charge on any atom is 0.248 e. The predicted octanol–water partition coefficient (Wildman–Crippen LogP) is 5.32. The van der Waals surface area contributed by atoms with E-state index in [-0.39, 0.29) is 6.42 Å². The smallest absolute Gasteiger partial charge is 0.248 e. The highest BCUT2D eigenvalue weighted by Gasteiger charge is 2.31. The quantitative estimate of drug-likeness (QED) is 0.496. The molecule has 1 amide bonds. The fraction of sp³-hybridized carbons (Fsp3) is 0.174. The van der Waals surface area contributed by atoms with Gasteiger partial charge in [-0.2, -0.15) is 0 Å². The molecule has 0 saturated carbocycles. The summed E-state index contributed by atoms with van der Waals surface area (Å²) < 4.78 is 31.9. The normalized spacial score (nSPS) is 12.1. The van der Waals surface area contributed by atoms with Gasteiger partial charge in [0.2, 0.25) is 15.9 Å². The molecule has 8 heteroatoms. The van der Waals surface area contributed by atoms with Gasteiger partial charge in [-0.15, -0.1) is 0 Å². The van der Waals surface area contributed by atoms with Gasteiger partial charge in [0.25, 0.3) is 0 Å². The number of hydrogen-bond donors (Lipinski definition) is 1. The zero-order valence-corrected chi connectivity index (χ0v) is 18.7. The van der Waals surface area contributed by atoms with E-state index in [9.17, 15) is 13.2 Å². The number of halogens is 1. The van der Waals surface area contributed by atoms with Crippen molar-refractivity contribution in [2.45, 2.75) is 19.4 Å². The molecule has 0 spiro atoms. The molecule has 0 aliphatic heterocycles. The Morgan fingerprint density at radius 2 is 1.65 bits per heavy atom. The van der Waals surface area contributed by atoms with E-state index < -0.39 is 22.0 Å². The van der Waals surface area contributed by atoms with Gasteiger partial charge in [-0.05, 0) is 61.0 Å². The molecule has 0 fully saturated rings. The van der Waals surface area contributed by atoms with E-state index in [0.717, 1.165) is 10.6 Å². The third-order valence-corrected chi connectivity index (χ3v) is 5.91. The van der Waals surface area contributed by atoms with Gasteiger partial charge in [0.15, 0.2) is 0 Å². The molecular formula is C23H23ClN2O4S. The number of amides is 1. The summed E-state index contributed by atoms with van der Waals surface area (Å²) in [5.74, 6) is 0.883. The largest absolute Gasteiger partial charge is 0.457 e. The molecule has 1 N–H and O–H groups in total. The second-order valence-corrected chi connectivity index (χ2v) is 9.19. The third kappa shape index (κ3) is 5.99. The van der Waals surface area contributed by atoms with E-state index in [0.29, 0.717) is 27.9 Å². The van der Waals surface area contributed by atoms with E-state index in [1.165, 1.54) is 6.07 Å². The molecule has 0 aliphatic rings. The highest BCUT2D eigenvalue weighted by molar-refractivity contribution is 7.92. The van der Waals surface area contributed by atoms with Crippen molar-refractivity contribution in [2.24, 2.45) is 0 Å². The fourth-order valence-corrected chi connectivity index (χ4v) is 4.52. The molecule has 162 valence electrons. The highest BCUT2D eigenvalue weighted by atomic mass is 35.5. The third-order valence-electron chi connectivity index (χ3n) is 4.49. The van der Waals surface area contributed by atoms with E-state index in [1.807, 2.05) is 30.3 Å². The summed E-state index contributed by atoms with van der Waals surface area (Å²) in [6, 6.07) is 21.7. The molecule has 3 rings (SSSR count). The van der Waals surface area contributed by atoms with Crippen LogP contribution in [0.5, 0.6) is 11.5 Å². The summed E-state index contributed by atoms with van der Waals surface area (Å²) in [6.45, 7) is 1.75. The minimum atomic E-state index is -3.73. The minimum absolute atomic E-state index is 0.278. The molecule has 0 unspecified atom stereocenters. The minimum Gasteiger partial charge on any atom is -0.457 e. The van der Waals surface area contributed by atoms with Gasteiger partial charge in [0, 0.05) is 10.7 Å². The lowest BCUT2D eigenvalue weighted by Gasteiger charge is -2.30. The monoisotopic (exact) mass is 458 g/mol. The van der Waals surface area contributed by atoms with Crippen molar-refractivity contribution in [2.75, 3.05) is 15.9 Å². The van der Waals surface area contributed by atoms with E-state index in [2.05, 4.69) is 5.32 Å². The highest BCUT2D eigenvalue weighted by Crippen LogP contribution is 2.27. The number of nitrogens with one attached hydrogen (secondary N) is 1. The van der Waals surface area contributed by atoms with Gasteiger partial charge in [0.05, 0.1) is 11.9 Å². The molecule has 31 heavy (non-hydrogen) atoms. The second kappa shape index (κ2) is 9.85. The van der Waals surface area contributed by atoms with Crippen LogP contribution >= 0.6 is 11.6 Å². The van der Waals surface area contributed by atoms with E-state index >= 15 is 0 Å². The van der Waals surface area contributed by atoms with Gasteiger partial charge < -0.3 is 10.1 Å². The van der Waals surface area contributed by atoms with Crippen LogP contribution in [0.3, 0.4) is 0 Å². The van der Waals surface area contributed by atoms with Crippen molar-refractivity contribution in [1.82, 2.24) is 0 Å². The van der Waals surface area contributed by atoms with Gasteiger partial charge in [-0.1, -0.05) is 42.8 Å². The van der Waals surface area contributed by atoms with Gasteiger partial charge >= 0.3 is 0 Å². The van der Waals surface area contributed by atoms with E-state index in [4.69, 9.17) is 16.3 Å². The van der Waals surface area contributed by atoms with Crippen molar-refractivity contribution in [1.29, 1.82) is 0 Å². The van der Waals surface area contributed by atoms with Crippen molar-refractivity contribution in [3.63, 3.8) is 0 Å². The lowest BCUT2D eigenvalue weighted by atomic mass is 10.1. The van der Waals surface area contributed by atoms with Gasteiger partial charge in [0.1, 0.15) is 17.5 Å². The Hall–Kier alpha value is -3.03. The average molecular weight is 459 g/mol. The Balaban J connectivity index is 1.78. The molecule has 6 nitrogen and oxygen atoms in total. The summed E-state index contributed by atoms with van der Waals surface area (Å²) in [6.07, 6.45) is 1.35. The SMILES string of the molecule is CC[C@@H](C(=O)Nc1ccc(Oc2ccccc2)cc1)N(c1cccc(Cl)c1)S(C)(=O)=O. The number of carbonyl (C=O) groups is 1. The Morgan fingerprint density at radius 3 is 2.23 bits per heavy atom. The number of benzene rings is 3. The first-order valence-corrected chi connectivity index (χ1v) is 11.9. The number of para-hydroxylation sites is 1. The molecule has 0 aromatic heterocycles. The number of rotatable bonds is 8. The van der Waals surface area contributed by atoms with Crippen molar-refractivity contribution in [3.8, 4) is 11.5 Å². The zero-order chi connectivity index (χ0) is 22.4. The summed E-state index contributed by atoms with van der Waals surface area (Å²) >= 11 is 6.04. The van der Waals surface area contributed by atoms with Crippen LogP contribution in [0.25, 0.3) is 0 Å². The van der Waals surface area contributed by atoms with Crippen LogP contribution < -0.4 is 14.4 Å². The van der Waals surface area contributed by atoms with E-state index in [1.54, 1.807) is 49.4 Å². The number of anilines is 2. The van der Waals surface area contributed by atoms with Crippen LogP contribution in [0.15, 0.2) is 78.9 Å². The van der Waals surface area contributed by atoms with Crippen molar-refractivity contribution < 1.29 is 17.9 Å². The maximum atomic E-state index is 13.0. The van der Waals surface area contributed by atoms with Crippen LogP contribution in [0.1, 0.15) is 13.3 Å². The van der Waals surface area contributed by atoms with Crippen LogP contribution in [0.4, 0.5) is 11.4 Å². The molecule has 3 aromatic rings. The Bertz CT molecular complexity index is 1140. The first kappa shape index (κ1) is 22.7. The van der Waals surface area contributed by atoms with Crippen LogP contribution in [-0.4, -0.2) is 26.6 Å². The lowest BCUT2D eigenvalue weighted by molar-refractivity contribution is -0.117. The second-order valence-electron chi connectivity index (χ2n) is 6.89. The summed E-state index contributed by atoms with van der Waals surface area (Å²) in [4.78, 5) is 13.0. The number of ether oxygens (including phenoxy) is 1. The first-order chi connectivity index (χ1) is 14.8. The fourth-order valence-electron chi connectivity index (χ4n) is 3.13. The molecular weight excluding hydrogens is 436 g/mol. The molecule has 3 aromatic carbocycles. The Morgan fingerprint density at radius 1 is 1.00 bits per heavy atom. The summed E-state index contributed by atoms with van der Waals surface area (Å²) in [5, 5.41) is 3.17. The summed E-state index contributed by atoms with van der Waals surface area (Å²) in [5.41, 5.74) is 0.868. The zero-order valence-electron chi connectivity index (χ0n) is 17.2. The molecule has 0 saturated heterocycles. The maximum absolute atomic E-state index is 13.0. The van der Waals surface area contributed by atoms with Gasteiger partial charge in [-0.3, -0.25) is 9.10 Å². The molecule has 0 bridgehead atoms. The Labute approximate surface area is 187 Å². The van der Waals surface area contributed by atoms with Crippen molar-refractivity contribution >= 4 is 38.9 Å². The molecule has 0 heterocycles. The van der Waals surface area contributed by atoms with Crippen LogP contribution in [-0.2, 0) is 14.8 Å². The first-order valence-electron chi connectivity index (χ1n) is 9.66. The number of hydrogen-bond acceptors (Lipinski definition) is 4. The summed E-state index contributed by atoms with van der Waals surface area (Å²) in [7, 11) is -3.73. The van der Waals surface area contributed by atoms with Gasteiger partial charge in [-0.25, -0.2) is 8.42 Å². The average Bonchev–Trinajstić information content (AvgIpc) is 2.73. The Kier molecular flexibility index (Phi) is 7.20. The van der Waals surface area contributed by atoms with Crippen LogP contribution in [0.2, 0.25) is 5.02 Å². The molecule has 0 radical (unpaired) electrons. The topological polar surface area (TPSA) is 75.7 Å². The number of sulfonamides is 1. The van der Waals surface area contributed by atoms with Crippen molar-refractivity contribution in [3.05, 3.63) is 83.9 Å². The number of carbonyl (C=O) groups excluding carboxylic acids is 1. The standard InChI is InChI=1S/C23H23ClN2O4S/c1-3-22(26(31(2,28)29)19-9-7-8-17(24)16-19)23(27)25-18-12-14-21(15-13-18)30-20-10-5-4-6-11-20/h4-16,22H,3H2,1-2H3,(H,25,27)/t22-/m0/s1.